The highest BCUT2D eigenvalue weighted by molar-refractivity contribution is 5.97. The highest BCUT2D eigenvalue weighted by Crippen LogP contribution is 2.33. The molecule has 38 heavy (non-hydrogen) atoms. The first kappa shape index (κ1) is 25.6. The Hall–Kier alpha value is -4.04. The third-order valence-electron chi connectivity index (χ3n) is 7.23. The van der Waals surface area contributed by atoms with Crippen LogP contribution in [0.2, 0.25) is 0 Å². The van der Waals surface area contributed by atoms with E-state index in [0.29, 0.717) is 42.2 Å². The molecule has 5 rings (SSSR count). The minimum absolute atomic E-state index is 0.128. The van der Waals surface area contributed by atoms with Gasteiger partial charge in [-0.05, 0) is 46.1 Å². The van der Waals surface area contributed by atoms with E-state index in [1.165, 1.54) is 6.21 Å². The molecular weight excluding hydrogens is 482 g/mol. The lowest BCUT2D eigenvalue weighted by molar-refractivity contribution is 0.0605. The summed E-state index contributed by atoms with van der Waals surface area (Å²) in [5, 5.41) is 35.3. The third-order valence-corrected chi connectivity index (χ3v) is 7.23. The second kappa shape index (κ2) is 10.4. The topological polar surface area (TPSA) is 147 Å². The molecule has 2 aliphatic heterocycles. The summed E-state index contributed by atoms with van der Waals surface area (Å²) in [6, 6.07) is 5.77. The van der Waals surface area contributed by atoms with Gasteiger partial charge < -0.3 is 25.6 Å². The zero-order valence-corrected chi connectivity index (χ0v) is 21.9. The second-order valence-corrected chi connectivity index (χ2v) is 10.4. The summed E-state index contributed by atoms with van der Waals surface area (Å²) in [5.41, 5.74) is 3.35. The van der Waals surface area contributed by atoms with E-state index in [0.717, 1.165) is 36.3 Å². The molecule has 2 saturated heterocycles. The first-order chi connectivity index (χ1) is 18.3. The Morgan fingerprint density at radius 1 is 1.32 bits per heavy atom. The van der Waals surface area contributed by atoms with E-state index in [1.54, 1.807) is 16.8 Å². The minimum atomic E-state index is -0.697. The molecule has 11 nitrogen and oxygen atoms in total. The van der Waals surface area contributed by atoms with Crippen LogP contribution in [0.3, 0.4) is 0 Å². The predicted molar refractivity (Wildman–Crippen MR) is 144 cm³/mol. The maximum atomic E-state index is 13.7. The predicted octanol–water partition coefficient (Wildman–Crippen LogP) is 2.94. The van der Waals surface area contributed by atoms with Crippen LogP contribution in [0.5, 0.6) is 0 Å². The van der Waals surface area contributed by atoms with Crippen LogP contribution in [-0.4, -0.2) is 73.5 Å². The minimum Gasteiger partial charge on any atom is -0.390 e. The monoisotopic (exact) mass is 515 g/mol. The van der Waals surface area contributed by atoms with Crippen molar-refractivity contribution in [3.8, 4) is 6.07 Å². The first-order valence-electron chi connectivity index (χ1n) is 13.1. The van der Waals surface area contributed by atoms with Gasteiger partial charge in [-0.3, -0.25) is 4.79 Å². The average Bonchev–Trinajstić information content (AvgIpc) is 3.50. The van der Waals surface area contributed by atoms with E-state index < -0.39 is 12.0 Å². The van der Waals surface area contributed by atoms with Crippen molar-refractivity contribution < 1.29 is 9.90 Å². The number of amides is 1. The lowest BCUT2D eigenvalue weighted by Crippen LogP contribution is -2.38. The molecule has 2 fully saturated rings. The largest absolute Gasteiger partial charge is 0.390 e. The van der Waals surface area contributed by atoms with E-state index >= 15 is 0 Å². The molecule has 2 aliphatic rings. The number of aryl methyl sites for hydroxylation is 1. The standard InChI is InChI=1S/C27H33N9O2/c1-16(2)31-25-18(10-28)8-19(12-30-25)27(38)35-7-5-4-6-22(35)21-9-24-32-26(17(3)13-36(24)33-21)34-14-20(11-29)23(37)15-34/h8-10,12-13,16,20,22-23,28,37H,4-7,14-15H2,1-3H3,(H,30,31)/t20-,22+,23+/m1/s1. The van der Waals surface area contributed by atoms with Gasteiger partial charge in [-0.1, -0.05) is 0 Å². The Balaban J connectivity index is 1.43. The number of hydrogen-bond acceptors (Lipinski definition) is 9. The molecule has 11 heteroatoms. The van der Waals surface area contributed by atoms with E-state index in [-0.39, 0.29) is 18.0 Å². The number of nitriles is 1. The molecule has 0 spiro atoms. The quantitative estimate of drug-likeness (QED) is 0.425. The lowest BCUT2D eigenvalue weighted by Gasteiger charge is -2.34. The molecule has 0 bridgehead atoms. The third kappa shape index (κ3) is 4.79. The summed E-state index contributed by atoms with van der Waals surface area (Å²) in [7, 11) is 0. The number of aliphatic hydroxyl groups is 1. The van der Waals surface area contributed by atoms with Crippen LogP contribution in [0.15, 0.2) is 24.5 Å². The lowest BCUT2D eigenvalue weighted by atomic mass is 9.98. The molecule has 5 heterocycles. The number of nitrogens with one attached hydrogen (secondary N) is 2. The van der Waals surface area contributed by atoms with Crippen molar-refractivity contribution in [2.45, 2.75) is 58.2 Å². The van der Waals surface area contributed by atoms with Gasteiger partial charge in [0.15, 0.2) is 5.65 Å². The molecular formula is C27H33N9O2. The molecule has 3 aromatic heterocycles. The van der Waals surface area contributed by atoms with Crippen LogP contribution in [0.1, 0.15) is 66.3 Å². The molecule has 3 N–H and O–H groups in total. The van der Waals surface area contributed by atoms with Gasteiger partial charge in [0.2, 0.25) is 0 Å². The van der Waals surface area contributed by atoms with Gasteiger partial charge in [0.05, 0.1) is 35.4 Å². The number of nitrogens with zero attached hydrogens (tertiary/aromatic N) is 7. The first-order valence-corrected chi connectivity index (χ1v) is 13.1. The molecule has 1 amide bonds. The molecule has 0 unspecified atom stereocenters. The molecule has 0 radical (unpaired) electrons. The van der Waals surface area contributed by atoms with E-state index in [9.17, 15) is 15.2 Å². The zero-order chi connectivity index (χ0) is 27.0. The summed E-state index contributed by atoms with van der Waals surface area (Å²) in [6.45, 7) is 7.35. The SMILES string of the molecule is Cc1cn2nc([C@@H]3CCCCN3C(=O)c3cnc(NC(C)C)c(C=N)c3)cc2nc1N1C[C@@H](C#N)[C@@H](O)C1. The maximum Gasteiger partial charge on any atom is 0.256 e. The van der Waals surface area contributed by atoms with Gasteiger partial charge in [0.25, 0.3) is 5.91 Å². The number of anilines is 2. The molecule has 0 aliphatic carbocycles. The van der Waals surface area contributed by atoms with Gasteiger partial charge in [0, 0.05) is 61.5 Å². The Morgan fingerprint density at radius 2 is 2.13 bits per heavy atom. The number of pyridine rings is 1. The van der Waals surface area contributed by atoms with Crippen LogP contribution in [0.25, 0.3) is 5.65 Å². The maximum absolute atomic E-state index is 13.7. The van der Waals surface area contributed by atoms with E-state index in [4.69, 9.17) is 15.5 Å². The normalized spacial score (nSPS) is 21.6. The summed E-state index contributed by atoms with van der Waals surface area (Å²) < 4.78 is 1.74. The number of carbonyl (C=O) groups excluding carboxylic acids is 1. The second-order valence-electron chi connectivity index (χ2n) is 10.4. The van der Waals surface area contributed by atoms with Gasteiger partial charge in [-0.2, -0.15) is 10.4 Å². The summed E-state index contributed by atoms with van der Waals surface area (Å²) in [5.74, 6) is 0.757. The summed E-state index contributed by atoms with van der Waals surface area (Å²) in [6.07, 6.45) is 6.69. The smallest absolute Gasteiger partial charge is 0.256 e. The molecule has 198 valence electrons. The Labute approximate surface area is 221 Å². The van der Waals surface area contributed by atoms with Crippen LogP contribution in [-0.2, 0) is 0 Å². The van der Waals surface area contributed by atoms with Gasteiger partial charge >= 0.3 is 0 Å². The zero-order valence-electron chi connectivity index (χ0n) is 21.9. The average molecular weight is 516 g/mol. The van der Waals surface area contributed by atoms with Crippen molar-refractivity contribution in [2.75, 3.05) is 29.9 Å². The fourth-order valence-electron chi connectivity index (χ4n) is 5.34. The van der Waals surface area contributed by atoms with Crippen LogP contribution in [0, 0.1) is 29.6 Å². The number of β-amino-alcohol motifs (C(OH)–C–C–N with tert-alkyl or cyclic N) is 1. The number of rotatable bonds is 6. The van der Waals surface area contributed by atoms with Crippen LogP contribution < -0.4 is 10.2 Å². The Morgan fingerprint density at radius 3 is 2.84 bits per heavy atom. The molecule has 3 atom stereocenters. The number of likely N-dealkylation sites (tertiary alicyclic amines) is 1. The summed E-state index contributed by atoms with van der Waals surface area (Å²) in [4.78, 5) is 26.7. The van der Waals surface area contributed by atoms with Crippen LogP contribution >= 0.6 is 0 Å². The Kier molecular flexibility index (Phi) is 6.99. The van der Waals surface area contributed by atoms with E-state index in [2.05, 4.69) is 16.4 Å². The fraction of sp³-hybridized carbons (Fsp3) is 0.481. The molecule has 3 aromatic rings. The van der Waals surface area contributed by atoms with Crippen molar-refractivity contribution in [1.29, 1.82) is 10.7 Å². The highest BCUT2D eigenvalue weighted by atomic mass is 16.3. The number of fused-ring (bicyclic) bond motifs is 1. The molecule has 0 saturated carbocycles. The van der Waals surface area contributed by atoms with Crippen LogP contribution in [0.4, 0.5) is 11.6 Å². The highest BCUT2D eigenvalue weighted by Gasteiger charge is 2.34. The molecule has 0 aromatic carbocycles. The number of carbonyl (C=O) groups is 1. The number of aromatic nitrogens is 4. The van der Waals surface area contributed by atoms with Crippen molar-refractivity contribution in [2.24, 2.45) is 5.92 Å². The number of aliphatic hydroxyl groups excluding tert-OH is 1. The fourth-order valence-corrected chi connectivity index (χ4v) is 5.34. The summed E-state index contributed by atoms with van der Waals surface area (Å²) >= 11 is 0. The van der Waals surface area contributed by atoms with Crippen molar-refractivity contribution in [3.05, 3.63) is 46.9 Å². The number of hydrogen-bond donors (Lipinski definition) is 3. The van der Waals surface area contributed by atoms with Crippen molar-refractivity contribution >= 4 is 29.4 Å². The van der Waals surface area contributed by atoms with Crippen molar-refractivity contribution in [3.63, 3.8) is 0 Å². The Bertz CT molecular complexity index is 1410. The van der Waals surface area contributed by atoms with Crippen molar-refractivity contribution in [1.82, 2.24) is 24.5 Å². The van der Waals surface area contributed by atoms with E-state index in [1.807, 2.05) is 42.8 Å². The van der Waals surface area contributed by atoms with Gasteiger partial charge in [-0.25, -0.2) is 14.5 Å². The number of piperidine rings is 1. The van der Waals surface area contributed by atoms with Gasteiger partial charge in [0.1, 0.15) is 11.6 Å². The van der Waals surface area contributed by atoms with Gasteiger partial charge in [-0.15, -0.1) is 0 Å².